The molecule has 0 saturated carbocycles. The smallest absolute Gasteiger partial charge is 0.267 e. The van der Waals surface area contributed by atoms with Crippen LogP contribution in [0.2, 0.25) is 5.02 Å². The van der Waals surface area contributed by atoms with Crippen LogP contribution in [0, 0.1) is 11.3 Å². The topological polar surface area (TPSA) is 77.8 Å². The fraction of sp³-hybridized carbons (Fsp3) is 0. The Balaban J connectivity index is 2.06. The van der Waals surface area contributed by atoms with Crippen LogP contribution in [0.1, 0.15) is 0 Å². The van der Waals surface area contributed by atoms with Crippen LogP contribution >= 0.6 is 22.9 Å². The zero-order chi connectivity index (χ0) is 14.4. The van der Waals surface area contributed by atoms with Gasteiger partial charge in [-0.3, -0.25) is 4.79 Å². The van der Waals surface area contributed by atoms with Gasteiger partial charge in [-0.05, 0) is 18.2 Å². The molecule has 1 aromatic carbocycles. The Labute approximate surface area is 124 Å². The van der Waals surface area contributed by atoms with Crippen molar-refractivity contribution in [1.82, 2.24) is 4.98 Å². The average Bonchev–Trinajstić information content (AvgIpc) is 2.92. The number of aromatic nitrogens is 1. The number of halogens is 1. The Bertz CT molecular complexity index is 676. The lowest BCUT2D eigenvalue weighted by Crippen LogP contribution is -2.14. The predicted molar refractivity (Wildman–Crippen MR) is 79.5 cm³/mol. The van der Waals surface area contributed by atoms with E-state index in [2.05, 4.69) is 15.6 Å². The Morgan fingerprint density at radius 1 is 1.50 bits per heavy atom. The van der Waals surface area contributed by atoms with E-state index in [0.717, 1.165) is 0 Å². The molecule has 1 amide bonds. The molecule has 100 valence electrons. The van der Waals surface area contributed by atoms with Gasteiger partial charge in [0, 0.05) is 28.5 Å². The number of amides is 1. The number of thiazole rings is 1. The van der Waals surface area contributed by atoms with Gasteiger partial charge in [0.15, 0.2) is 5.13 Å². The van der Waals surface area contributed by atoms with Crippen LogP contribution in [0.15, 0.2) is 47.6 Å². The van der Waals surface area contributed by atoms with Crippen molar-refractivity contribution in [2.75, 3.05) is 10.6 Å². The molecule has 0 aliphatic carbocycles. The third kappa shape index (κ3) is 3.82. The van der Waals surface area contributed by atoms with Gasteiger partial charge in [0.2, 0.25) is 0 Å². The van der Waals surface area contributed by atoms with Gasteiger partial charge in [-0.25, -0.2) is 4.98 Å². The third-order valence-electron chi connectivity index (χ3n) is 2.22. The maximum Gasteiger partial charge on any atom is 0.267 e. The summed E-state index contributed by atoms with van der Waals surface area (Å²) in [4.78, 5) is 15.9. The summed E-state index contributed by atoms with van der Waals surface area (Å²) in [6.45, 7) is 0. The van der Waals surface area contributed by atoms with Crippen molar-refractivity contribution in [1.29, 1.82) is 5.26 Å². The molecule has 7 heteroatoms. The molecule has 1 aromatic heterocycles. The molecule has 0 aliphatic rings. The zero-order valence-electron chi connectivity index (χ0n) is 10.1. The monoisotopic (exact) mass is 304 g/mol. The number of nitriles is 1. The first kappa shape index (κ1) is 14.1. The fourth-order valence-electron chi connectivity index (χ4n) is 1.34. The van der Waals surface area contributed by atoms with Crippen LogP contribution in [0.4, 0.5) is 10.8 Å². The molecular formula is C13H9ClN4OS. The van der Waals surface area contributed by atoms with Crippen molar-refractivity contribution >= 4 is 39.7 Å². The van der Waals surface area contributed by atoms with Crippen molar-refractivity contribution in [2.45, 2.75) is 0 Å². The van der Waals surface area contributed by atoms with Gasteiger partial charge in [-0.1, -0.05) is 17.7 Å². The Morgan fingerprint density at radius 2 is 2.35 bits per heavy atom. The second kappa shape index (κ2) is 6.70. The number of carbonyl (C=O) groups is 1. The number of hydrogen-bond acceptors (Lipinski definition) is 5. The molecule has 2 rings (SSSR count). The number of benzene rings is 1. The predicted octanol–water partition coefficient (Wildman–Crippen LogP) is 3.25. The molecule has 20 heavy (non-hydrogen) atoms. The minimum absolute atomic E-state index is 0.0554. The summed E-state index contributed by atoms with van der Waals surface area (Å²) in [7, 11) is 0. The molecule has 0 atom stereocenters. The highest BCUT2D eigenvalue weighted by atomic mass is 35.5. The van der Waals surface area contributed by atoms with Crippen LogP contribution < -0.4 is 10.6 Å². The maximum absolute atomic E-state index is 11.9. The van der Waals surface area contributed by atoms with E-state index in [1.807, 2.05) is 6.07 Å². The first-order valence-electron chi connectivity index (χ1n) is 5.52. The Morgan fingerprint density at radius 3 is 3.00 bits per heavy atom. The molecular weight excluding hydrogens is 296 g/mol. The van der Waals surface area contributed by atoms with Crippen LogP contribution in [0.25, 0.3) is 0 Å². The maximum atomic E-state index is 11.9. The van der Waals surface area contributed by atoms with Gasteiger partial charge in [-0.2, -0.15) is 5.26 Å². The van der Waals surface area contributed by atoms with Crippen molar-refractivity contribution in [3.8, 4) is 6.07 Å². The molecule has 0 aliphatic heterocycles. The van der Waals surface area contributed by atoms with Crippen molar-refractivity contribution in [3.05, 3.63) is 52.6 Å². The van der Waals surface area contributed by atoms with Crippen molar-refractivity contribution in [3.63, 3.8) is 0 Å². The molecule has 0 radical (unpaired) electrons. The summed E-state index contributed by atoms with van der Waals surface area (Å²) in [6.07, 6.45) is 2.94. The molecule has 2 N–H and O–H groups in total. The van der Waals surface area contributed by atoms with Crippen LogP contribution in [0.5, 0.6) is 0 Å². The first-order valence-corrected chi connectivity index (χ1v) is 6.78. The first-order chi connectivity index (χ1) is 9.69. The minimum Gasteiger partial charge on any atom is -0.337 e. The summed E-state index contributed by atoms with van der Waals surface area (Å²) < 4.78 is 0. The van der Waals surface area contributed by atoms with E-state index < -0.39 is 5.91 Å². The van der Waals surface area contributed by atoms with E-state index in [4.69, 9.17) is 16.9 Å². The molecule has 0 spiro atoms. The number of nitrogens with zero attached hydrogens (tertiary/aromatic N) is 2. The zero-order valence-corrected chi connectivity index (χ0v) is 11.7. The summed E-state index contributed by atoms with van der Waals surface area (Å²) in [5, 5.41) is 17.3. The summed E-state index contributed by atoms with van der Waals surface area (Å²) >= 11 is 7.19. The van der Waals surface area contributed by atoms with E-state index >= 15 is 0 Å². The molecule has 5 nitrogen and oxygen atoms in total. The standard InChI is InChI=1S/C13H9ClN4OS/c14-10-2-1-3-11(6-10)18-12(19)9(7-15)8-17-13-16-4-5-20-13/h1-6,8H,(H,16,17)(H,18,19)/b9-8-. The van der Waals surface area contributed by atoms with Crippen molar-refractivity contribution in [2.24, 2.45) is 0 Å². The van der Waals surface area contributed by atoms with E-state index in [1.54, 1.807) is 35.8 Å². The molecule has 0 fully saturated rings. The quantitative estimate of drug-likeness (QED) is 0.671. The molecule has 0 bridgehead atoms. The normalized spacial score (nSPS) is 10.7. The number of anilines is 2. The van der Waals surface area contributed by atoms with E-state index in [-0.39, 0.29) is 5.57 Å². The van der Waals surface area contributed by atoms with Gasteiger partial charge in [-0.15, -0.1) is 11.3 Å². The molecule has 2 aromatic rings. The van der Waals surface area contributed by atoms with E-state index in [9.17, 15) is 4.79 Å². The van der Waals surface area contributed by atoms with Gasteiger partial charge < -0.3 is 10.6 Å². The molecule has 0 saturated heterocycles. The largest absolute Gasteiger partial charge is 0.337 e. The van der Waals surface area contributed by atoms with E-state index in [0.29, 0.717) is 15.8 Å². The summed E-state index contributed by atoms with van der Waals surface area (Å²) in [6, 6.07) is 8.52. The number of rotatable bonds is 4. The van der Waals surface area contributed by atoms with E-state index in [1.165, 1.54) is 17.5 Å². The second-order valence-electron chi connectivity index (χ2n) is 3.62. The number of hydrogen-bond donors (Lipinski definition) is 2. The van der Waals surface area contributed by atoms with Crippen LogP contribution in [0.3, 0.4) is 0 Å². The Hall–Kier alpha value is -2.36. The van der Waals surface area contributed by atoms with Crippen LogP contribution in [-0.2, 0) is 4.79 Å². The number of carbonyl (C=O) groups excluding carboxylic acids is 1. The average molecular weight is 305 g/mol. The lowest BCUT2D eigenvalue weighted by molar-refractivity contribution is -0.112. The molecule has 1 heterocycles. The van der Waals surface area contributed by atoms with Gasteiger partial charge in [0.05, 0.1) is 0 Å². The number of nitrogens with one attached hydrogen (secondary N) is 2. The van der Waals surface area contributed by atoms with Crippen molar-refractivity contribution < 1.29 is 4.79 Å². The van der Waals surface area contributed by atoms with Gasteiger partial charge in [0.1, 0.15) is 11.6 Å². The lowest BCUT2D eigenvalue weighted by Gasteiger charge is -2.04. The van der Waals surface area contributed by atoms with Gasteiger partial charge >= 0.3 is 0 Å². The van der Waals surface area contributed by atoms with Crippen LogP contribution in [-0.4, -0.2) is 10.9 Å². The third-order valence-corrected chi connectivity index (χ3v) is 3.16. The van der Waals surface area contributed by atoms with Gasteiger partial charge in [0.25, 0.3) is 5.91 Å². The highest BCUT2D eigenvalue weighted by Crippen LogP contribution is 2.16. The summed E-state index contributed by atoms with van der Waals surface area (Å²) in [5.41, 5.74) is 0.470. The fourth-order valence-corrected chi connectivity index (χ4v) is 2.03. The second-order valence-corrected chi connectivity index (χ2v) is 4.95. The summed E-state index contributed by atoms with van der Waals surface area (Å²) in [5.74, 6) is -0.515. The lowest BCUT2D eigenvalue weighted by atomic mass is 10.2. The minimum atomic E-state index is -0.515. The Kier molecular flexibility index (Phi) is 4.71. The SMILES string of the molecule is N#C/C(=C/Nc1nccs1)C(=O)Nc1cccc(Cl)c1. The molecule has 0 unspecified atom stereocenters. The highest BCUT2D eigenvalue weighted by Gasteiger charge is 2.09. The highest BCUT2D eigenvalue weighted by molar-refractivity contribution is 7.13.